The lowest BCUT2D eigenvalue weighted by molar-refractivity contribution is -0.152. The maximum Gasteiger partial charge on any atom is 0.326 e. The first-order valence-electron chi connectivity index (χ1n) is 7.74. The highest BCUT2D eigenvalue weighted by Crippen LogP contribution is 2.34. The van der Waals surface area contributed by atoms with Crippen LogP contribution < -0.4 is 20.1 Å². The Hall–Kier alpha value is -3.07. The minimum absolute atomic E-state index is 0.137. The molecule has 2 heterocycles. The highest BCUT2D eigenvalue weighted by atomic mass is 32.1. The number of amides is 2. The standard InChI is InChI=1S/C17H16N2O6S/c1-10(25-15(20)8-18-17(22)14-3-2-6-26-14)16(21)19-11-4-5-12-13(7-11)24-9-23-12/h2-7,10H,8-9H2,1H3,(H,18,22)(H,19,21)/t10-/m0/s1. The molecule has 0 bridgehead atoms. The molecule has 0 saturated carbocycles. The number of ether oxygens (including phenoxy) is 3. The van der Waals surface area contributed by atoms with E-state index >= 15 is 0 Å². The Balaban J connectivity index is 1.46. The largest absolute Gasteiger partial charge is 0.454 e. The molecule has 0 unspecified atom stereocenters. The van der Waals surface area contributed by atoms with Crippen molar-refractivity contribution in [1.82, 2.24) is 5.32 Å². The number of rotatable bonds is 6. The number of thiophene rings is 1. The molecule has 1 aromatic heterocycles. The van der Waals surface area contributed by atoms with Crippen molar-refractivity contribution in [2.45, 2.75) is 13.0 Å². The number of nitrogens with one attached hydrogen (secondary N) is 2. The molecule has 26 heavy (non-hydrogen) atoms. The smallest absolute Gasteiger partial charge is 0.326 e. The third-order valence-corrected chi connectivity index (χ3v) is 4.32. The number of esters is 1. The Morgan fingerprint density at radius 3 is 2.81 bits per heavy atom. The molecule has 0 spiro atoms. The fourth-order valence-corrected chi connectivity index (χ4v) is 2.80. The summed E-state index contributed by atoms with van der Waals surface area (Å²) in [5.41, 5.74) is 0.494. The highest BCUT2D eigenvalue weighted by molar-refractivity contribution is 7.12. The van der Waals surface area contributed by atoms with E-state index in [1.165, 1.54) is 18.3 Å². The van der Waals surface area contributed by atoms with Gasteiger partial charge in [0.05, 0.1) is 4.88 Å². The number of carbonyl (C=O) groups excluding carboxylic acids is 3. The van der Waals surface area contributed by atoms with E-state index in [0.717, 1.165) is 0 Å². The summed E-state index contributed by atoms with van der Waals surface area (Å²) in [6, 6.07) is 8.33. The number of fused-ring (bicyclic) bond motifs is 1. The lowest BCUT2D eigenvalue weighted by Crippen LogP contribution is -2.35. The molecule has 0 saturated heterocycles. The molecule has 1 aliphatic heterocycles. The fourth-order valence-electron chi connectivity index (χ4n) is 2.16. The van der Waals surface area contributed by atoms with Gasteiger partial charge in [-0.3, -0.25) is 14.4 Å². The van der Waals surface area contributed by atoms with Crippen molar-refractivity contribution in [3.63, 3.8) is 0 Å². The summed E-state index contributed by atoms with van der Waals surface area (Å²) in [7, 11) is 0. The van der Waals surface area contributed by atoms with E-state index in [9.17, 15) is 14.4 Å². The number of carbonyl (C=O) groups is 3. The van der Waals surface area contributed by atoms with Gasteiger partial charge in [-0.15, -0.1) is 11.3 Å². The van der Waals surface area contributed by atoms with Crippen LogP contribution in [0.15, 0.2) is 35.7 Å². The Kier molecular flexibility index (Phi) is 5.37. The minimum atomic E-state index is -1.02. The SMILES string of the molecule is C[C@H](OC(=O)CNC(=O)c1cccs1)C(=O)Nc1ccc2c(c1)OCO2. The van der Waals surface area contributed by atoms with Crippen LogP contribution in [0.1, 0.15) is 16.6 Å². The van der Waals surface area contributed by atoms with Crippen LogP contribution in [0.4, 0.5) is 5.69 Å². The van der Waals surface area contributed by atoms with Gasteiger partial charge in [0.1, 0.15) is 6.54 Å². The third kappa shape index (κ3) is 4.31. The average molecular weight is 376 g/mol. The van der Waals surface area contributed by atoms with Crippen LogP contribution in [0, 0.1) is 0 Å². The lowest BCUT2D eigenvalue weighted by Gasteiger charge is -2.14. The first-order valence-corrected chi connectivity index (χ1v) is 8.62. The summed E-state index contributed by atoms with van der Waals surface area (Å²) in [5.74, 6) is -0.438. The Morgan fingerprint density at radius 1 is 1.23 bits per heavy atom. The summed E-state index contributed by atoms with van der Waals surface area (Å²) in [6.45, 7) is 1.26. The molecule has 2 aromatic rings. The van der Waals surface area contributed by atoms with Crippen LogP contribution in [-0.4, -0.2) is 37.2 Å². The monoisotopic (exact) mass is 376 g/mol. The lowest BCUT2D eigenvalue weighted by atomic mass is 10.2. The quantitative estimate of drug-likeness (QED) is 0.745. The van der Waals surface area contributed by atoms with E-state index < -0.39 is 18.0 Å². The molecule has 0 aliphatic carbocycles. The van der Waals surface area contributed by atoms with Crippen LogP contribution >= 0.6 is 11.3 Å². The molecule has 8 nitrogen and oxygen atoms in total. The number of hydrogen-bond acceptors (Lipinski definition) is 7. The summed E-state index contributed by atoms with van der Waals surface area (Å²) >= 11 is 1.26. The van der Waals surface area contributed by atoms with Crippen LogP contribution in [0.5, 0.6) is 11.5 Å². The van der Waals surface area contributed by atoms with E-state index in [1.807, 2.05) is 0 Å². The van der Waals surface area contributed by atoms with E-state index in [1.54, 1.807) is 35.7 Å². The zero-order chi connectivity index (χ0) is 18.5. The molecule has 3 rings (SSSR count). The third-order valence-electron chi connectivity index (χ3n) is 3.46. The van der Waals surface area contributed by atoms with Gasteiger partial charge in [0.2, 0.25) is 6.79 Å². The van der Waals surface area contributed by atoms with E-state index in [4.69, 9.17) is 14.2 Å². The van der Waals surface area contributed by atoms with Gasteiger partial charge in [-0.1, -0.05) is 6.07 Å². The molecule has 2 N–H and O–H groups in total. The molecule has 1 aromatic carbocycles. The van der Waals surface area contributed by atoms with Crippen LogP contribution in [0.2, 0.25) is 0 Å². The van der Waals surface area contributed by atoms with Crippen molar-refractivity contribution in [3.05, 3.63) is 40.6 Å². The second-order valence-electron chi connectivity index (χ2n) is 5.35. The van der Waals surface area contributed by atoms with Crippen molar-refractivity contribution in [2.24, 2.45) is 0 Å². The topological polar surface area (TPSA) is 103 Å². The van der Waals surface area contributed by atoms with Crippen LogP contribution in [0.3, 0.4) is 0 Å². The summed E-state index contributed by atoms with van der Waals surface area (Å²) in [5, 5.41) is 6.83. The molecule has 1 aliphatic rings. The van der Waals surface area contributed by atoms with Gasteiger partial charge in [-0.25, -0.2) is 0 Å². The van der Waals surface area contributed by atoms with E-state index in [-0.39, 0.29) is 19.2 Å². The van der Waals surface area contributed by atoms with Crippen molar-refractivity contribution in [3.8, 4) is 11.5 Å². The van der Waals surface area contributed by atoms with Crippen molar-refractivity contribution in [1.29, 1.82) is 0 Å². The predicted octanol–water partition coefficient (Wildman–Crippen LogP) is 1.78. The molecule has 2 amide bonds. The first kappa shape index (κ1) is 17.7. The van der Waals surface area contributed by atoms with Crippen molar-refractivity contribution >= 4 is 34.8 Å². The first-order chi connectivity index (χ1) is 12.5. The Bertz CT molecular complexity index is 821. The fraction of sp³-hybridized carbons (Fsp3) is 0.235. The summed E-state index contributed by atoms with van der Waals surface area (Å²) < 4.78 is 15.5. The Labute approximate surface area is 153 Å². The molecule has 1 atom stereocenters. The van der Waals surface area contributed by atoms with Crippen molar-refractivity contribution in [2.75, 3.05) is 18.7 Å². The maximum atomic E-state index is 12.1. The Morgan fingerprint density at radius 2 is 2.04 bits per heavy atom. The predicted molar refractivity (Wildman–Crippen MR) is 93.4 cm³/mol. The molecule has 136 valence electrons. The van der Waals surface area contributed by atoms with Crippen molar-refractivity contribution < 1.29 is 28.6 Å². The summed E-state index contributed by atoms with van der Waals surface area (Å²) in [6.07, 6.45) is -1.02. The van der Waals surface area contributed by atoms with Gasteiger partial charge in [0, 0.05) is 11.8 Å². The average Bonchev–Trinajstić information content (AvgIpc) is 3.30. The maximum absolute atomic E-state index is 12.1. The highest BCUT2D eigenvalue weighted by Gasteiger charge is 2.20. The number of anilines is 1. The normalized spacial score (nSPS) is 13.0. The molecule has 0 radical (unpaired) electrons. The molecular weight excluding hydrogens is 360 g/mol. The molecular formula is C17H16N2O6S. The van der Waals surface area contributed by atoms with Crippen LogP contribution in [0.25, 0.3) is 0 Å². The zero-order valence-corrected chi connectivity index (χ0v) is 14.6. The number of hydrogen-bond donors (Lipinski definition) is 2. The van der Waals surface area contributed by atoms with Gasteiger partial charge < -0.3 is 24.8 Å². The molecule has 0 fully saturated rings. The number of benzene rings is 1. The van der Waals surface area contributed by atoms with E-state index in [2.05, 4.69) is 10.6 Å². The second-order valence-corrected chi connectivity index (χ2v) is 6.30. The van der Waals surface area contributed by atoms with Gasteiger partial charge in [-0.2, -0.15) is 0 Å². The molecule has 9 heteroatoms. The van der Waals surface area contributed by atoms with Gasteiger partial charge in [-0.05, 0) is 30.5 Å². The summed E-state index contributed by atoms with van der Waals surface area (Å²) in [4.78, 5) is 36.2. The van der Waals surface area contributed by atoms with Gasteiger partial charge >= 0.3 is 5.97 Å². The van der Waals surface area contributed by atoms with E-state index in [0.29, 0.717) is 22.1 Å². The van der Waals surface area contributed by atoms with Gasteiger partial charge in [0.15, 0.2) is 17.6 Å². The second kappa shape index (κ2) is 7.87. The van der Waals surface area contributed by atoms with Crippen LogP contribution in [-0.2, 0) is 14.3 Å². The minimum Gasteiger partial charge on any atom is -0.454 e. The zero-order valence-electron chi connectivity index (χ0n) is 13.8. The van der Waals surface area contributed by atoms with Gasteiger partial charge in [0.25, 0.3) is 11.8 Å².